The van der Waals surface area contributed by atoms with E-state index in [1.807, 2.05) is 69.7 Å². The fourth-order valence-electron chi connectivity index (χ4n) is 6.14. The summed E-state index contributed by atoms with van der Waals surface area (Å²) >= 11 is 9.71. The normalized spacial score (nSPS) is 20.4. The van der Waals surface area contributed by atoms with E-state index in [2.05, 4.69) is 34.8 Å². The Labute approximate surface area is 253 Å². The number of piperidine rings is 1. The molecule has 1 saturated heterocycles. The van der Waals surface area contributed by atoms with Gasteiger partial charge in [-0.2, -0.15) is 5.10 Å². The van der Waals surface area contributed by atoms with E-state index in [1.165, 1.54) is 0 Å². The Morgan fingerprint density at radius 3 is 2.59 bits per heavy atom. The Morgan fingerprint density at radius 1 is 1.17 bits per heavy atom. The van der Waals surface area contributed by atoms with Gasteiger partial charge < -0.3 is 9.47 Å². The largest absolute Gasteiger partial charge is 0.334 e. The highest BCUT2D eigenvalue weighted by atomic mass is 79.9. The summed E-state index contributed by atoms with van der Waals surface area (Å²) < 4.78 is 4.70. The highest BCUT2D eigenvalue weighted by Gasteiger charge is 2.48. The van der Waals surface area contributed by atoms with Crippen LogP contribution in [0.2, 0.25) is 5.02 Å². The third-order valence-electron chi connectivity index (χ3n) is 8.14. The monoisotopic (exact) mass is 634 g/mol. The molecular weight excluding hydrogens is 604 g/mol. The van der Waals surface area contributed by atoms with E-state index in [9.17, 15) is 9.59 Å². The molecule has 0 spiro atoms. The van der Waals surface area contributed by atoms with E-state index in [1.54, 1.807) is 24.4 Å². The molecule has 2 aliphatic heterocycles. The first-order valence-corrected chi connectivity index (χ1v) is 15.0. The molecule has 2 amide bonds. The molecule has 1 fully saturated rings. The number of aromatic nitrogens is 4. The van der Waals surface area contributed by atoms with Crippen LogP contribution >= 0.6 is 27.5 Å². The summed E-state index contributed by atoms with van der Waals surface area (Å²) in [4.78, 5) is 36.2. The van der Waals surface area contributed by atoms with Gasteiger partial charge >= 0.3 is 0 Å². The van der Waals surface area contributed by atoms with E-state index in [4.69, 9.17) is 16.7 Å². The van der Waals surface area contributed by atoms with Gasteiger partial charge in [-0.3, -0.25) is 14.5 Å². The Morgan fingerprint density at radius 2 is 1.93 bits per heavy atom. The lowest BCUT2D eigenvalue weighted by atomic mass is 9.84. The number of carbonyl (C=O) groups is 2. The quantitative estimate of drug-likeness (QED) is 0.246. The van der Waals surface area contributed by atoms with Crippen molar-refractivity contribution in [3.05, 3.63) is 81.7 Å². The first-order valence-electron chi connectivity index (χ1n) is 13.9. The van der Waals surface area contributed by atoms with Gasteiger partial charge in [-0.1, -0.05) is 25.4 Å². The number of benzene rings is 2. The van der Waals surface area contributed by atoms with Gasteiger partial charge in [0.05, 0.1) is 28.9 Å². The fraction of sp³-hybridized carbons (Fsp3) is 0.355. The Kier molecular flexibility index (Phi) is 7.28. The summed E-state index contributed by atoms with van der Waals surface area (Å²) in [5.74, 6) is 1.69. The lowest BCUT2D eigenvalue weighted by Crippen LogP contribution is -2.56. The van der Waals surface area contributed by atoms with Gasteiger partial charge in [0.1, 0.15) is 11.6 Å². The molecule has 10 heteroatoms. The molecular formula is C31H32BrClN6O2. The molecule has 3 atom stereocenters. The molecule has 0 N–H and O–H groups in total. The molecule has 41 heavy (non-hydrogen) atoms. The molecule has 0 aliphatic carbocycles. The molecule has 2 aromatic carbocycles. The highest BCUT2D eigenvalue weighted by molar-refractivity contribution is 9.10. The van der Waals surface area contributed by atoms with E-state index in [0.29, 0.717) is 29.5 Å². The number of amides is 2. The predicted octanol–water partition coefficient (Wildman–Crippen LogP) is 6.67. The van der Waals surface area contributed by atoms with Crippen molar-refractivity contribution in [2.75, 3.05) is 11.4 Å². The molecule has 8 nitrogen and oxygen atoms in total. The molecule has 212 valence electrons. The van der Waals surface area contributed by atoms with Crippen LogP contribution in [0, 0.1) is 11.8 Å². The second kappa shape index (κ2) is 10.8. The molecule has 4 heterocycles. The van der Waals surface area contributed by atoms with Crippen molar-refractivity contribution in [2.24, 2.45) is 18.9 Å². The SMILES string of the molecule is CC(C)Cc1cnn2c1N(c1ccc(-c3nccn3C)cc1)C(=O)C1C[C@@H](C)N(C(=O)c3ccc(Br)c(Cl)c3)CC12. The number of halogens is 2. The molecule has 2 aromatic heterocycles. The zero-order chi connectivity index (χ0) is 29.0. The van der Waals surface area contributed by atoms with Crippen LogP contribution in [0.15, 0.2) is 65.5 Å². The van der Waals surface area contributed by atoms with Crippen LogP contribution in [0.5, 0.6) is 0 Å². The molecule has 2 aliphatic rings. The van der Waals surface area contributed by atoms with Gasteiger partial charge in [0.2, 0.25) is 5.91 Å². The van der Waals surface area contributed by atoms with Crippen LogP contribution in [-0.4, -0.2) is 48.6 Å². The van der Waals surface area contributed by atoms with Gasteiger partial charge in [-0.25, -0.2) is 9.67 Å². The van der Waals surface area contributed by atoms with Gasteiger partial charge in [-0.05, 0) is 84.1 Å². The van der Waals surface area contributed by atoms with Crippen LogP contribution in [0.3, 0.4) is 0 Å². The summed E-state index contributed by atoms with van der Waals surface area (Å²) in [5, 5.41) is 5.32. The van der Waals surface area contributed by atoms with Crippen LogP contribution in [-0.2, 0) is 18.3 Å². The third kappa shape index (κ3) is 4.89. The lowest BCUT2D eigenvalue weighted by molar-refractivity contribution is -0.126. The smallest absolute Gasteiger partial charge is 0.254 e. The summed E-state index contributed by atoms with van der Waals surface area (Å²) in [5.41, 5.74) is 3.33. The maximum absolute atomic E-state index is 14.3. The third-order valence-corrected chi connectivity index (χ3v) is 9.37. The minimum Gasteiger partial charge on any atom is -0.334 e. The second-order valence-electron chi connectivity index (χ2n) is 11.5. The van der Waals surface area contributed by atoms with Gasteiger partial charge in [0.25, 0.3) is 5.91 Å². The van der Waals surface area contributed by atoms with Crippen LogP contribution < -0.4 is 4.90 Å². The van der Waals surface area contributed by atoms with Crippen LogP contribution in [0.4, 0.5) is 11.5 Å². The molecule has 0 radical (unpaired) electrons. The Hall–Kier alpha value is -3.43. The number of anilines is 2. The van der Waals surface area contributed by atoms with Crippen molar-refractivity contribution in [1.29, 1.82) is 0 Å². The number of rotatable bonds is 5. The number of likely N-dealkylation sites (tertiary alicyclic amines) is 1. The summed E-state index contributed by atoms with van der Waals surface area (Å²) in [6.07, 6.45) is 6.91. The topological polar surface area (TPSA) is 76.3 Å². The number of hydrogen-bond donors (Lipinski definition) is 0. The predicted molar refractivity (Wildman–Crippen MR) is 163 cm³/mol. The standard InChI is InChI=1S/C31H32BrClN6O2/c1-18(2)13-22-16-35-39-27-17-37(30(40)21-7-10-25(32)26(33)15-21)19(3)14-24(27)31(41)38(29(22)39)23-8-5-20(6-9-23)28-34-11-12-36(28)4/h5-12,15-16,18-19,24,27H,13-14,17H2,1-4H3/t19-,24?,27?/m1/s1. The average Bonchev–Trinajstić information content (AvgIpc) is 3.56. The lowest BCUT2D eigenvalue weighted by Gasteiger charge is -2.47. The minimum absolute atomic E-state index is 0.0448. The van der Waals surface area contributed by atoms with Crippen molar-refractivity contribution >= 4 is 50.9 Å². The van der Waals surface area contributed by atoms with E-state index in [-0.39, 0.29) is 29.8 Å². The Bertz CT molecular complexity index is 1630. The first kappa shape index (κ1) is 27.7. The van der Waals surface area contributed by atoms with Crippen molar-refractivity contribution in [3.8, 4) is 11.4 Å². The highest BCUT2D eigenvalue weighted by Crippen LogP contribution is 2.45. The molecule has 6 rings (SSSR count). The van der Waals surface area contributed by atoms with Gasteiger partial charge in [0, 0.05) is 53.2 Å². The number of imidazole rings is 1. The second-order valence-corrected chi connectivity index (χ2v) is 12.7. The van der Waals surface area contributed by atoms with Crippen molar-refractivity contribution in [3.63, 3.8) is 0 Å². The van der Waals surface area contributed by atoms with Crippen molar-refractivity contribution in [1.82, 2.24) is 24.2 Å². The maximum Gasteiger partial charge on any atom is 0.254 e. The zero-order valence-corrected chi connectivity index (χ0v) is 25.8. The van der Waals surface area contributed by atoms with E-state index in [0.717, 1.165) is 39.4 Å². The molecule has 0 bridgehead atoms. The maximum atomic E-state index is 14.3. The Balaban J connectivity index is 1.38. The van der Waals surface area contributed by atoms with Crippen LogP contribution in [0.25, 0.3) is 11.4 Å². The van der Waals surface area contributed by atoms with Gasteiger partial charge in [-0.15, -0.1) is 0 Å². The van der Waals surface area contributed by atoms with Crippen molar-refractivity contribution in [2.45, 2.75) is 45.7 Å². The number of fused-ring (bicyclic) bond motifs is 3. The van der Waals surface area contributed by atoms with E-state index < -0.39 is 0 Å². The number of hydrogen-bond acceptors (Lipinski definition) is 4. The molecule has 4 aromatic rings. The fourth-order valence-corrected chi connectivity index (χ4v) is 6.57. The van der Waals surface area contributed by atoms with Gasteiger partial charge in [0.15, 0.2) is 0 Å². The van der Waals surface area contributed by atoms with E-state index >= 15 is 0 Å². The first-order chi connectivity index (χ1) is 19.6. The van der Waals surface area contributed by atoms with Crippen LogP contribution in [0.1, 0.15) is 49.2 Å². The molecule has 2 unspecified atom stereocenters. The number of carbonyl (C=O) groups excluding carboxylic acids is 2. The number of nitrogens with zero attached hydrogens (tertiary/aromatic N) is 6. The average molecular weight is 636 g/mol. The summed E-state index contributed by atoms with van der Waals surface area (Å²) in [7, 11) is 1.96. The summed E-state index contributed by atoms with van der Waals surface area (Å²) in [6, 6.07) is 12.9. The summed E-state index contributed by atoms with van der Waals surface area (Å²) in [6.45, 7) is 6.73. The van der Waals surface area contributed by atoms with Crippen molar-refractivity contribution < 1.29 is 9.59 Å². The molecule has 0 saturated carbocycles. The minimum atomic E-state index is -0.309. The zero-order valence-electron chi connectivity index (χ0n) is 23.5. The number of aryl methyl sites for hydroxylation is 1.